The van der Waals surface area contributed by atoms with Gasteiger partial charge in [0.2, 0.25) is 0 Å². The van der Waals surface area contributed by atoms with Crippen LogP contribution in [-0.2, 0) is 16.0 Å². The number of hydrogen-bond donors (Lipinski definition) is 1. The van der Waals surface area contributed by atoms with Crippen molar-refractivity contribution in [3.63, 3.8) is 0 Å². The number of carboxylic acids is 1. The van der Waals surface area contributed by atoms with Crippen molar-refractivity contribution in [1.29, 1.82) is 0 Å². The van der Waals surface area contributed by atoms with E-state index in [1.54, 1.807) is 32.9 Å². The number of ether oxygens (including phenoxy) is 1. The van der Waals surface area contributed by atoms with Crippen LogP contribution in [0.2, 0.25) is 5.02 Å². The third kappa shape index (κ3) is 4.61. The van der Waals surface area contributed by atoms with Crippen LogP contribution in [0.5, 0.6) is 0 Å². The molecule has 1 N–H and O–H groups in total. The van der Waals surface area contributed by atoms with Gasteiger partial charge in [-0.3, -0.25) is 4.90 Å². The summed E-state index contributed by atoms with van der Waals surface area (Å²) in [4.78, 5) is 25.2. The fourth-order valence-electron chi connectivity index (χ4n) is 2.85. The van der Waals surface area contributed by atoms with Crippen LogP contribution in [-0.4, -0.2) is 40.3 Å². The molecule has 5 nitrogen and oxygen atoms in total. The molecule has 2 rings (SSSR count). The molecule has 1 fully saturated rings. The fourth-order valence-corrected chi connectivity index (χ4v) is 2.98. The van der Waals surface area contributed by atoms with E-state index in [9.17, 15) is 14.7 Å². The van der Waals surface area contributed by atoms with Crippen LogP contribution in [0.25, 0.3) is 0 Å². The summed E-state index contributed by atoms with van der Waals surface area (Å²) in [6, 6.07) is 6.48. The standard InChI is InChI=1S/C17H22ClNO4/c1-17(2,3)23-16(22)19-9-8-12(14(19)15(20)21)10-11-4-6-13(18)7-5-11/h4-7,12,14H,8-10H2,1-3H3,(H,20,21)/t12-,14-/m1/s1. The number of halogens is 1. The van der Waals surface area contributed by atoms with E-state index in [0.29, 0.717) is 24.4 Å². The minimum absolute atomic E-state index is 0.138. The number of hydrogen-bond acceptors (Lipinski definition) is 3. The molecule has 1 aromatic rings. The molecule has 23 heavy (non-hydrogen) atoms. The maximum atomic E-state index is 12.2. The summed E-state index contributed by atoms with van der Waals surface area (Å²) < 4.78 is 5.32. The predicted octanol–water partition coefficient (Wildman–Crippen LogP) is 3.59. The summed E-state index contributed by atoms with van der Waals surface area (Å²) in [5.41, 5.74) is 0.366. The van der Waals surface area contributed by atoms with Crippen molar-refractivity contribution in [3.8, 4) is 0 Å². The van der Waals surface area contributed by atoms with Crippen molar-refractivity contribution in [2.45, 2.75) is 45.3 Å². The number of likely N-dealkylation sites (tertiary alicyclic amines) is 1. The highest BCUT2D eigenvalue weighted by Gasteiger charge is 2.43. The van der Waals surface area contributed by atoms with Crippen LogP contribution in [0.3, 0.4) is 0 Å². The Bertz CT molecular complexity index is 579. The van der Waals surface area contributed by atoms with Crippen molar-refractivity contribution in [2.75, 3.05) is 6.54 Å². The van der Waals surface area contributed by atoms with E-state index in [2.05, 4.69) is 0 Å². The Morgan fingerprint density at radius 3 is 2.43 bits per heavy atom. The first-order valence-corrected chi connectivity index (χ1v) is 8.02. The number of rotatable bonds is 3. The van der Waals surface area contributed by atoms with E-state index in [1.807, 2.05) is 12.1 Å². The summed E-state index contributed by atoms with van der Waals surface area (Å²) >= 11 is 5.87. The average molecular weight is 340 g/mol. The zero-order chi connectivity index (χ0) is 17.2. The monoisotopic (exact) mass is 339 g/mol. The van der Waals surface area contributed by atoms with Gasteiger partial charge in [-0.2, -0.15) is 0 Å². The van der Waals surface area contributed by atoms with Gasteiger partial charge in [-0.15, -0.1) is 0 Å². The molecule has 126 valence electrons. The molecular formula is C17H22ClNO4. The highest BCUT2D eigenvalue weighted by molar-refractivity contribution is 6.30. The van der Waals surface area contributed by atoms with E-state index in [1.165, 1.54) is 4.90 Å². The molecule has 1 aromatic carbocycles. The highest BCUT2D eigenvalue weighted by Crippen LogP contribution is 2.30. The minimum atomic E-state index is -0.993. The van der Waals surface area contributed by atoms with Crippen LogP contribution in [0, 0.1) is 5.92 Å². The minimum Gasteiger partial charge on any atom is -0.480 e. The summed E-state index contributed by atoms with van der Waals surface area (Å²) in [5.74, 6) is -1.13. The van der Waals surface area contributed by atoms with Crippen molar-refractivity contribution >= 4 is 23.7 Å². The second-order valence-corrected chi connectivity index (χ2v) is 7.27. The van der Waals surface area contributed by atoms with Gasteiger partial charge >= 0.3 is 12.1 Å². The Kier molecular flexibility index (Phi) is 5.19. The molecule has 0 saturated carbocycles. The van der Waals surface area contributed by atoms with Gasteiger partial charge in [0.25, 0.3) is 0 Å². The third-order valence-electron chi connectivity index (χ3n) is 3.82. The van der Waals surface area contributed by atoms with Gasteiger partial charge in [0, 0.05) is 11.6 Å². The second kappa shape index (κ2) is 6.79. The van der Waals surface area contributed by atoms with E-state index in [4.69, 9.17) is 16.3 Å². The summed E-state index contributed by atoms with van der Waals surface area (Å²) in [6.45, 7) is 5.69. The smallest absolute Gasteiger partial charge is 0.411 e. The van der Waals surface area contributed by atoms with Crippen molar-refractivity contribution in [3.05, 3.63) is 34.9 Å². The molecule has 0 bridgehead atoms. The Balaban J connectivity index is 2.11. The number of carboxylic acid groups (broad SMARTS) is 1. The van der Waals surface area contributed by atoms with Gasteiger partial charge in [0.05, 0.1) is 0 Å². The normalized spacial score (nSPS) is 21.3. The number of benzene rings is 1. The first kappa shape index (κ1) is 17.6. The lowest BCUT2D eigenvalue weighted by atomic mass is 9.92. The molecule has 0 radical (unpaired) electrons. The van der Waals surface area contributed by atoms with Gasteiger partial charge in [-0.1, -0.05) is 23.7 Å². The van der Waals surface area contributed by atoms with Crippen molar-refractivity contribution in [1.82, 2.24) is 4.90 Å². The van der Waals surface area contributed by atoms with Gasteiger partial charge in [-0.05, 0) is 57.2 Å². The first-order valence-electron chi connectivity index (χ1n) is 7.64. The predicted molar refractivity (Wildman–Crippen MR) is 87.6 cm³/mol. The maximum absolute atomic E-state index is 12.2. The van der Waals surface area contributed by atoms with Crippen LogP contribution in [0.4, 0.5) is 4.79 Å². The van der Waals surface area contributed by atoms with Crippen LogP contribution in [0.15, 0.2) is 24.3 Å². The quantitative estimate of drug-likeness (QED) is 0.913. The van der Waals surface area contributed by atoms with Crippen molar-refractivity contribution < 1.29 is 19.4 Å². The molecule has 1 heterocycles. The lowest BCUT2D eigenvalue weighted by molar-refractivity contribution is -0.143. The van der Waals surface area contributed by atoms with Crippen LogP contribution in [0.1, 0.15) is 32.8 Å². The molecule has 1 saturated heterocycles. The van der Waals surface area contributed by atoms with Gasteiger partial charge in [-0.25, -0.2) is 9.59 Å². The van der Waals surface area contributed by atoms with E-state index in [0.717, 1.165) is 5.56 Å². The second-order valence-electron chi connectivity index (χ2n) is 6.84. The van der Waals surface area contributed by atoms with Gasteiger partial charge in [0.15, 0.2) is 0 Å². The molecule has 1 aliphatic heterocycles. The van der Waals surface area contributed by atoms with Crippen LogP contribution < -0.4 is 0 Å². The SMILES string of the molecule is CC(C)(C)OC(=O)N1CC[C@H](Cc2ccc(Cl)cc2)[C@@H]1C(=O)O. The number of carbonyl (C=O) groups excluding carboxylic acids is 1. The third-order valence-corrected chi connectivity index (χ3v) is 4.07. The lowest BCUT2D eigenvalue weighted by Gasteiger charge is -2.28. The summed E-state index contributed by atoms with van der Waals surface area (Å²) in [5, 5.41) is 10.2. The van der Waals surface area contributed by atoms with E-state index in [-0.39, 0.29) is 5.92 Å². The van der Waals surface area contributed by atoms with Gasteiger partial charge in [0.1, 0.15) is 11.6 Å². The topological polar surface area (TPSA) is 66.8 Å². The van der Waals surface area contributed by atoms with E-state index >= 15 is 0 Å². The Morgan fingerprint density at radius 1 is 1.30 bits per heavy atom. The first-order chi connectivity index (χ1) is 10.7. The molecule has 0 unspecified atom stereocenters. The Hall–Kier alpha value is -1.75. The highest BCUT2D eigenvalue weighted by atomic mass is 35.5. The van der Waals surface area contributed by atoms with Gasteiger partial charge < -0.3 is 9.84 Å². The molecule has 0 aromatic heterocycles. The molecular weight excluding hydrogens is 318 g/mol. The Morgan fingerprint density at radius 2 is 1.91 bits per heavy atom. The van der Waals surface area contributed by atoms with Crippen LogP contribution >= 0.6 is 11.6 Å². The molecule has 1 amide bonds. The molecule has 1 aliphatic rings. The number of amides is 1. The number of aliphatic carboxylic acids is 1. The summed E-state index contributed by atoms with van der Waals surface area (Å²) in [6.07, 6.45) is 0.662. The Labute approximate surface area is 141 Å². The van der Waals surface area contributed by atoms with E-state index < -0.39 is 23.7 Å². The molecule has 0 aliphatic carbocycles. The number of nitrogens with zero attached hydrogens (tertiary/aromatic N) is 1. The zero-order valence-corrected chi connectivity index (χ0v) is 14.3. The molecule has 6 heteroatoms. The maximum Gasteiger partial charge on any atom is 0.411 e. The molecule has 0 spiro atoms. The average Bonchev–Trinajstić information content (AvgIpc) is 2.83. The number of carbonyl (C=O) groups is 2. The lowest BCUT2D eigenvalue weighted by Crippen LogP contribution is -2.45. The fraction of sp³-hybridized carbons (Fsp3) is 0.529. The largest absolute Gasteiger partial charge is 0.480 e. The van der Waals surface area contributed by atoms with Crippen molar-refractivity contribution in [2.24, 2.45) is 5.92 Å². The molecule has 2 atom stereocenters. The zero-order valence-electron chi connectivity index (χ0n) is 13.6. The summed E-state index contributed by atoms with van der Waals surface area (Å²) in [7, 11) is 0.